The normalized spacial score (nSPS) is 56.3. The van der Waals surface area contributed by atoms with Gasteiger partial charge in [0.25, 0.3) is 0 Å². The van der Waals surface area contributed by atoms with Crippen LogP contribution in [0.2, 0.25) is 0 Å². The Morgan fingerprint density at radius 2 is 1.79 bits per heavy atom. The molecule has 0 radical (unpaired) electrons. The molecule has 7 atom stereocenters. The van der Waals surface area contributed by atoms with Gasteiger partial charge in [0.15, 0.2) is 0 Å². The minimum Gasteiger partial charge on any atom is -0.469 e. The van der Waals surface area contributed by atoms with Crippen LogP contribution in [0.5, 0.6) is 0 Å². The summed E-state index contributed by atoms with van der Waals surface area (Å²) in [4.78, 5) is 12.6. The molecule has 0 aromatic rings. The van der Waals surface area contributed by atoms with Crippen LogP contribution in [0.4, 0.5) is 0 Å². The van der Waals surface area contributed by atoms with E-state index in [0.717, 1.165) is 32.1 Å². The molecule has 24 heavy (non-hydrogen) atoms. The molecule has 4 fully saturated rings. The monoisotopic (exact) mass is 334 g/mol. The molecule has 0 aromatic carbocycles. The molecule has 1 spiro atoms. The maximum Gasteiger partial charge on any atom is 0.311 e. The van der Waals surface area contributed by atoms with Crippen molar-refractivity contribution in [2.45, 2.75) is 84.2 Å². The Balaban J connectivity index is 1.72. The third kappa shape index (κ3) is 1.97. The van der Waals surface area contributed by atoms with Crippen molar-refractivity contribution in [1.82, 2.24) is 0 Å². The molecule has 3 nitrogen and oxygen atoms in total. The predicted octanol–water partition coefficient (Wildman–Crippen LogP) is 4.32. The standard InChI is InChI=1S/C21H34O3/c1-18-9-5-10-19(2,17(22)24-4)15(18)8-11-21-12-14(6-7-16(18)21)20(3,23)13-21/h14-16,23H,5-13H2,1-4H3/t14-,15+,16+,18-,19-,20-,21+/m0/s1. The Morgan fingerprint density at radius 1 is 1.04 bits per heavy atom. The summed E-state index contributed by atoms with van der Waals surface area (Å²) in [5.41, 5.74) is -0.240. The number of methoxy groups -OCH3 is 1. The first-order chi connectivity index (χ1) is 11.2. The van der Waals surface area contributed by atoms with Crippen molar-refractivity contribution in [2.75, 3.05) is 7.11 Å². The van der Waals surface area contributed by atoms with Gasteiger partial charge in [0.2, 0.25) is 0 Å². The van der Waals surface area contributed by atoms with Gasteiger partial charge in [-0.25, -0.2) is 0 Å². The molecule has 136 valence electrons. The molecule has 2 bridgehead atoms. The lowest BCUT2D eigenvalue weighted by atomic mass is 9.41. The smallest absolute Gasteiger partial charge is 0.311 e. The van der Waals surface area contributed by atoms with E-state index in [1.165, 1.54) is 25.7 Å². The van der Waals surface area contributed by atoms with Crippen LogP contribution in [0.3, 0.4) is 0 Å². The Kier molecular flexibility index (Phi) is 3.51. The number of fused-ring (bicyclic) bond motifs is 3. The number of rotatable bonds is 1. The molecule has 0 amide bonds. The minimum absolute atomic E-state index is 0.00137. The lowest BCUT2D eigenvalue weighted by Gasteiger charge is -2.63. The van der Waals surface area contributed by atoms with Gasteiger partial charge in [-0.2, -0.15) is 0 Å². The van der Waals surface area contributed by atoms with Crippen molar-refractivity contribution in [1.29, 1.82) is 0 Å². The molecule has 0 heterocycles. The number of esters is 1. The van der Waals surface area contributed by atoms with E-state index in [4.69, 9.17) is 4.74 Å². The summed E-state index contributed by atoms with van der Waals surface area (Å²) in [6.07, 6.45) is 10.3. The third-order valence-electron chi connectivity index (χ3n) is 9.14. The Hall–Kier alpha value is -0.570. The molecule has 4 aliphatic rings. The van der Waals surface area contributed by atoms with Crippen LogP contribution in [0.15, 0.2) is 0 Å². The summed E-state index contributed by atoms with van der Waals surface area (Å²) >= 11 is 0. The number of carbonyl (C=O) groups is 1. The van der Waals surface area contributed by atoms with Crippen molar-refractivity contribution < 1.29 is 14.6 Å². The summed E-state index contributed by atoms with van der Waals surface area (Å²) in [5.74, 6) is 1.59. The van der Waals surface area contributed by atoms with Gasteiger partial charge in [0.05, 0.1) is 18.1 Å². The summed E-state index contributed by atoms with van der Waals surface area (Å²) < 4.78 is 5.24. The largest absolute Gasteiger partial charge is 0.469 e. The van der Waals surface area contributed by atoms with Gasteiger partial charge in [-0.1, -0.05) is 13.3 Å². The highest BCUT2D eigenvalue weighted by Gasteiger charge is 2.67. The topological polar surface area (TPSA) is 46.5 Å². The Labute approximate surface area is 146 Å². The number of ether oxygens (including phenoxy) is 1. The average molecular weight is 335 g/mol. The molecule has 0 aromatic heterocycles. The van der Waals surface area contributed by atoms with Gasteiger partial charge in [0, 0.05) is 0 Å². The molecule has 0 aliphatic heterocycles. The fraction of sp³-hybridized carbons (Fsp3) is 0.952. The first-order valence-corrected chi connectivity index (χ1v) is 9.99. The zero-order valence-corrected chi connectivity index (χ0v) is 15.9. The van der Waals surface area contributed by atoms with Gasteiger partial charge in [-0.15, -0.1) is 0 Å². The predicted molar refractivity (Wildman–Crippen MR) is 93.3 cm³/mol. The van der Waals surface area contributed by atoms with E-state index in [2.05, 4.69) is 20.8 Å². The molecule has 0 unspecified atom stereocenters. The van der Waals surface area contributed by atoms with Gasteiger partial charge < -0.3 is 9.84 Å². The van der Waals surface area contributed by atoms with Crippen LogP contribution >= 0.6 is 0 Å². The van der Waals surface area contributed by atoms with E-state index in [0.29, 0.717) is 23.2 Å². The molecule has 0 saturated heterocycles. The zero-order valence-electron chi connectivity index (χ0n) is 15.9. The second-order valence-electron chi connectivity index (χ2n) is 10.3. The second kappa shape index (κ2) is 4.99. The maximum atomic E-state index is 12.6. The van der Waals surface area contributed by atoms with E-state index in [1.807, 2.05) is 0 Å². The van der Waals surface area contributed by atoms with E-state index in [1.54, 1.807) is 7.11 Å². The third-order valence-corrected chi connectivity index (χ3v) is 9.14. The van der Waals surface area contributed by atoms with Crippen molar-refractivity contribution in [3.63, 3.8) is 0 Å². The first-order valence-electron chi connectivity index (χ1n) is 9.99. The van der Waals surface area contributed by atoms with Gasteiger partial charge >= 0.3 is 5.97 Å². The van der Waals surface area contributed by atoms with Crippen molar-refractivity contribution in [3.05, 3.63) is 0 Å². The molecule has 1 N–H and O–H groups in total. The minimum atomic E-state index is -0.474. The number of carbonyl (C=O) groups excluding carboxylic acids is 1. The summed E-state index contributed by atoms with van der Waals surface area (Å²) in [5, 5.41) is 10.9. The summed E-state index contributed by atoms with van der Waals surface area (Å²) in [7, 11) is 1.54. The molecule has 4 saturated carbocycles. The maximum absolute atomic E-state index is 12.6. The fourth-order valence-corrected chi connectivity index (χ4v) is 8.27. The molecule has 4 aliphatic carbocycles. The molecular formula is C21H34O3. The molecule has 4 rings (SSSR count). The lowest BCUT2D eigenvalue weighted by Crippen LogP contribution is -2.58. The van der Waals surface area contributed by atoms with E-state index in [-0.39, 0.29) is 16.8 Å². The fourth-order valence-electron chi connectivity index (χ4n) is 8.27. The van der Waals surface area contributed by atoms with Crippen molar-refractivity contribution >= 4 is 5.97 Å². The Bertz CT molecular complexity index is 555. The highest BCUT2D eigenvalue weighted by Crippen LogP contribution is 2.72. The Morgan fingerprint density at radius 3 is 2.50 bits per heavy atom. The van der Waals surface area contributed by atoms with Crippen LogP contribution in [-0.2, 0) is 9.53 Å². The van der Waals surface area contributed by atoms with E-state index in [9.17, 15) is 9.90 Å². The SMILES string of the molecule is COC(=O)[C@@]1(C)CCC[C@@]2(C)[C@H]1CC[C@]13C[C@H](CC[C@@H]12)[C@@](C)(O)C3. The zero-order chi connectivity index (χ0) is 17.4. The van der Waals surface area contributed by atoms with Crippen LogP contribution in [0.25, 0.3) is 0 Å². The van der Waals surface area contributed by atoms with Gasteiger partial charge in [-0.05, 0) is 93.8 Å². The lowest BCUT2D eigenvalue weighted by molar-refractivity contribution is -0.184. The van der Waals surface area contributed by atoms with Crippen LogP contribution in [0.1, 0.15) is 78.6 Å². The highest BCUT2D eigenvalue weighted by molar-refractivity contribution is 5.77. The van der Waals surface area contributed by atoms with Crippen LogP contribution in [-0.4, -0.2) is 23.8 Å². The molecular weight excluding hydrogens is 300 g/mol. The average Bonchev–Trinajstić information content (AvgIpc) is 2.70. The van der Waals surface area contributed by atoms with Crippen molar-refractivity contribution in [3.8, 4) is 0 Å². The summed E-state index contributed by atoms with van der Waals surface area (Å²) in [6.45, 7) is 6.70. The van der Waals surface area contributed by atoms with Gasteiger partial charge in [-0.3, -0.25) is 4.79 Å². The molecule has 3 heteroatoms. The number of hydrogen-bond acceptors (Lipinski definition) is 3. The number of aliphatic hydroxyl groups is 1. The summed E-state index contributed by atoms with van der Waals surface area (Å²) in [6, 6.07) is 0. The van der Waals surface area contributed by atoms with E-state index >= 15 is 0 Å². The van der Waals surface area contributed by atoms with Crippen molar-refractivity contribution in [2.24, 2.45) is 34.0 Å². The first kappa shape index (κ1) is 16.9. The second-order valence-corrected chi connectivity index (χ2v) is 10.3. The quantitative estimate of drug-likeness (QED) is 0.726. The van der Waals surface area contributed by atoms with Crippen LogP contribution < -0.4 is 0 Å². The van der Waals surface area contributed by atoms with Crippen LogP contribution in [0, 0.1) is 34.0 Å². The van der Waals surface area contributed by atoms with E-state index < -0.39 is 5.60 Å². The number of hydrogen-bond donors (Lipinski definition) is 1. The highest BCUT2D eigenvalue weighted by atomic mass is 16.5. The van der Waals surface area contributed by atoms with Gasteiger partial charge in [0.1, 0.15) is 0 Å².